The van der Waals surface area contributed by atoms with E-state index in [1.807, 2.05) is 23.1 Å². The first kappa shape index (κ1) is 21.9. The minimum Gasteiger partial charge on any atom is -0.493 e. The van der Waals surface area contributed by atoms with Crippen molar-refractivity contribution in [3.63, 3.8) is 0 Å². The first-order valence-corrected chi connectivity index (χ1v) is 11.2. The second-order valence-corrected chi connectivity index (χ2v) is 8.53. The van der Waals surface area contributed by atoms with Gasteiger partial charge in [0.05, 0.1) is 25.4 Å². The van der Waals surface area contributed by atoms with Gasteiger partial charge in [-0.1, -0.05) is 26.0 Å². The molecule has 6 heteroatoms. The van der Waals surface area contributed by atoms with E-state index in [1.165, 1.54) is 12.0 Å². The lowest BCUT2D eigenvalue weighted by Gasteiger charge is -2.26. The number of methoxy groups -OCH3 is 2. The topological polar surface area (TPSA) is 63.7 Å². The van der Waals surface area contributed by atoms with Gasteiger partial charge in [0.1, 0.15) is 5.69 Å². The molecule has 2 heterocycles. The molecule has 3 aromatic rings. The quantitative estimate of drug-likeness (QED) is 0.537. The Morgan fingerprint density at radius 2 is 1.62 bits per heavy atom. The number of pyridine rings is 1. The predicted molar refractivity (Wildman–Crippen MR) is 128 cm³/mol. The van der Waals surface area contributed by atoms with Gasteiger partial charge < -0.3 is 19.7 Å². The van der Waals surface area contributed by atoms with E-state index in [1.54, 1.807) is 14.2 Å². The number of amides is 1. The van der Waals surface area contributed by atoms with E-state index in [0.29, 0.717) is 28.6 Å². The molecule has 32 heavy (non-hydrogen) atoms. The SMILES string of the molecule is COc1cc2nc(C(=O)N3CCCCC3)cc(Nc3ccc(C(C)C)cc3)c2cc1OC. The lowest BCUT2D eigenvalue weighted by atomic mass is 10.0. The molecule has 168 valence electrons. The van der Waals surface area contributed by atoms with Gasteiger partial charge in [-0.05, 0) is 55.0 Å². The molecule has 1 aliphatic heterocycles. The number of nitrogens with one attached hydrogen (secondary N) is 1. The zero-order valence-corrected chi connectivity index (χ0v) is 19.3. The molecule has 4 rings (SSSR count). The van der Waals surface area contributed by atoms with Crippen molar-refractivity contribution in [2.75, 3.05) is 32.6 Å². The number of likely N-dealkylation sites (tertiary alicyclic amines) is 1. The molecule has 1 aromatic heterocycles. The van der Waals surface area contributed by atoms with Crippen LogP contribution >= 0.6 is 0 Å². The van der Waals surface area contributed by atoms with Crippen molar-refractivity contribution in [2.24, 2.45) is 0 Å². The van der Waals surface area contributed by atoms with E-state index in [4.69, 9.17) is 14.5 Å². The van der Waals surface area contributed by atoms with E-state index >= 15 is 0 Å². The maximum atomic E-state index is 13.2. The zero-order chi connectivity index (χ0) is 22.7. The number of hydrogen-bond acceptors (Lipinski definition) is 5. The first-order valence-electron chi connectivity index (χ1n) is 11.2. The van der Waals surface area contributed by atoms with Crippen LogP contribution in [-0.2, 0) is 0 Å². The van der Waals surface area contributed by atoms with Crippen LogP contribution in [0.2, 0.25) is 0 Å². The molecule has 0 aliphatic carbocycles. The Morgan fingerprint density at radius 1 is 0.969 bits per heavy atom. The van der Waals surface area contributed by atoms with Gasteiger partial charge in [-0.15, -0.1) is 0 Å². The van der Waals surface area contributed by atoms with Crippen LogP contribution in [0.3, 0.4) is 0 Å². The Hall–Kier alpha value is -3.28. The molecular weight excluding hydrogens is 402 g/mol. The standard InChI is InChI=1S/C26H31N3O3/c1-17(2)18-8-10-19(11-9-18)27-21-15-23(26(30)29-12-6-5-7-13-29)28-22-16-25(32-4)24(31-3)14-20(21)22/h8-11,14-17H,5-7,12-13H2,1-4H3,(H,27,28). The lowest BCUT2D eigenvalue weighted by Crippen LogP contribution is -2.36. The molecule has 1 N–H and O–H groups in total. The largest absolute Gasteiger partial charge is 0.493 e. The number of benzene rings is 2. The van der Waals surface area contributed by atoms with E-state index in [2.05, 4.69) is 43.4 Å². The van der Waals surface area contributed by atoms with Gasteiger partial charge in [0.2, 0.25) is 0 Å². The number of fused-ring (bicyclic) bond motifs is 1. The number of ether oxygens (including phenoxy) is 2. The van der Waals surface area contributed by atoms with E-state index in [0.717, 1.165) is 42.7 Å². The molecule has 0 saturated carbocycles. The van der Waals surface area contributed by atoms with Crippen LogP contribution in [0, 0.1) is 0 Å². The Balaban J connectivity index is 1.79. The van der Waals surface area contributed by atoms with Crippen molar-refractivity contribution in [1.82, 2.24) is 9.88 Å². The van der Waals surface area contributed by atoms with Gasteiger partial charge in [0, 0.05) is 30.2 Å². The highest BCUT2D eigenvalue weighted by Gasteiger charge is 2.22. The van der Waals surface area contributed by atoms with Gasteiger partial charge >= 0.3 is 0 Å². The molecule has 0 bridgehead atoms. The molecule has 0 atom stereocenters. The van der Waals surface area contributed by atoms with Gasteiger partial charge in [-0.3, -0.25) is 4.79 Å². The number of rotatable bonds is 6. The number of aromatic nitrogens is 1. The van der Waals surface area contributed by atoms with Gasteiger partial charge in [-0.2, -0.15) is 0 Å². The van der Waals surface area contributed by atoms with Crippen molar-refractivity contribution in [1.29, 1.82) is 0 Å². The average molecular weight is 434 g/mol. The number of carbonyl (C=O) groups excluding carboxylic acids is 1. The molecule has 0 radical (unpaired) electrons. The van der Waals surface area contributed by atoms with Crippen LogP contribution in [-0.4, -0.2) is 43.1 Å². The summed E-state index contributed by atoms with van der Waals surface area (Å²) < 4.78 is 11.0. The summed E-state index contributed by atoms with van der Waals surface area (Å²) in [5.74, 6) is 1.65. The first-order chi connectivity index (χ1) is 15.5. The number of nitrogens with zero attached hydrogens (tertiary/aromatic N) is 2. The van der Waals surface area contributed by atoms with Crippen molar-refractivity contribution in [3.8, 4) is 11.5 Å². The molecule has 1 aliphatic rings. The third-order valence-corrected chi connectivity index (χ3v) is 6.03. The summed E-state index contributed by atoms with van der Waals surface area (Å²) in [6.07, 6.45) is 3.25. The fraction of sp³-hybridized carbons (Fsp3) is 0.385. The minimum absolute atomic E-state index is 0.0282. The van der Waals surface area contributed by atoms with E-state index in [9.17, 15) is 4.79 Å². The summed E-state index contributed by atoms with van der Waals surface area (Å²) in [4.78, 5) is 19.8. The number of carbonyl (C=O) groups is 1. The Labute approximate surface area is 189 Å². The van der Waals surface area contributed by atoms with Crippen LogP contribution in [0.25, 0.3) is 10.9 Å². The van der Waals surface area contributed by atoms with Crippen molar-refractivity contribution < 1.29 is 14.3 Å². The van der Waals surface area contributed by atoms with Crippen LogP contribution in [0.1, 0.15) is 55.1 Å². The summed E-state index contributed by atoms with van der Waals surface area (Å²) in [7, 11) is 3.21. The smallest absolute Gasteiger partial charge is 0.272 e. The zero-order valence-electron chi connectivity index (χ0n) is 19.3. The number of hydrogen-bond donors (Lipinski definition) is 1. The van der Waals surface area contributed by atoms with Crippen molar-refractivity contribution in [3.05, 3.63) is 53.7 Å². The maximum absolute atomic E-state index is 13.2. The molecule has 1 saturated heterocycles. The Morgan fingerprint density at radius 3 is 2.25 bits per heavy atom. The number of piperidine rings is 1. The second-order valence-electron chi connectivity index (χ2n) is 8.53. The highest BCUT2D eigenvalue weighted by atomic mass is 16.5. The fourth-order valence-electron chi connectivity index (χ4n) is 4.13. The highest BCUT2D eigenvalue weighted by Crippen LogP contribution is 2.36. The molecule has 6 nitrogen and oxygen atoms in total. The van der Waals surface area contributed by atoms with E-state index in [-0.39, 0.29) is 5.91 Å². The minimum atomic E-state index is -0.0282. The molecule has 1 fully saturated rings. The van der Waals surface area contributed by atoms with Crippen LogP contribution in [0.15, 0.2) is 42.5 Å². The summed E-state index contributed by atoms with van der Waals surface area (Å²) >= 11 is 0. The Bertz CT molecular complexity index is 1100. The third-order valence-electron chi connectivity index (χ3n) is 6.03. The van der Waals surface area contributed by atoms with Crippen molar-refractivity contribution >= 4 is 28.2 Å². The predicted octanol–water partition coefficient (Wildman–Crippen LogP) is 5.75. The van der Waals surface area contributed by atoms with Gasteiger partial charge in [0.25, 0.3) is 5.91 Å². The van der Waals surface area contributed by atoms with Gasteiger partial charge in [-0.25, -0.2) is 4.98 Å². The van der Waals surface area contributed by atoms with Crippen LogP contribution in [0.5, 0.6) is 11.5 Å². The molecule has 1 amide bonds. The third kappa shape index (κ3) is 4.49. The van der Waals surface area contributed by atoms with E-state index < -0.39 is 0 Å². The average Bonchev–Trinajstić information content (AvgIpc) is 2.83. The highest BCUT2D eigenvalue weighted by molar-refractivity contribution is 6.01. The molecule has 0 unspecified atom stereocenters. The number of anilines is 2. The molecular formula is C26H31N3O3. The fourth-order valence-corrected chi connectivity index (χ4v) is 4.13. The summed E-state index contributed by atoms with van der Waals surface area (Å²) in [5, 5.41) is 4.36. The van der Waals surface area contributed by atoms with Gasteiger partial charge in [0.15, 0.2) is 11.5 Å². The normalized spacial score (nSPS) is 14.0. The van der Waals surface area contributed by atoms with Crippen LogP contribution < -0.4 is 14.8 Å². The summed E-state index contributed by atoms with van der Waals surface area (Å²) in [6, 6.07) is 14.0. The van der Waals surface area contributed by atoms with Crippen LogP contribution in [0.4, 0.5) is 11.4 Å². The molecule has 0 spiro atoms. The summed E-state index contributed by atoms with van der Waals surface area (Å²) in [6.45, 7) is 5.92. The second kappa shape index (κ2) is 9.47. The Kier molecular flexibility index (Phi) is 6.49. The summed E-state index contributed by atoms with van der Waals surface area (Å²) in [5.41, 5.74) is 4.17. The monoisotopic (exact) mass is 433 g/mol. The molecule has 2 aromatic carbocycles. The van der Waals surface area contributed by atoms with Crippen molar-refractivity contribution in [2.45, 2.75) is 39.0 Å². The maximum Gasteiger partial charge on any atom is 0.272 e. The lowest BCUT2D eigenvalue weighted by molar-refractivity contribution is 0.0719.